The van der Waals surface area contributed by atoms with Crippen molar-refractivity contribution in [2.24, 2.45) is 0 Å². The van der Waals surface area contributed by atoms with E-state index in [4.69, 9.17) is 8.85 Å². The average molecular weight is 269 g/mol. The summed E-state index contributed by atoms with van der Waals surface area (Å²) in [5, 5.41) is 10.9. The summed E-state index contributed by atoms with van der Waals surface area (Å²) in [6.45, 7) is 6.50. The van der Waals surface area contributed by atoms with Gasteiger partial charge in [0, 0.05) is 12.7 Å². The molecule has 5 nitrogen and oxygen atoms in total. The molecule has 0 fully saturated rings. The maximum absolute atomic E-state index is 10.9. The number of nitrogens with zero attached hydrogens (tertiary/aromatic N) is 1. The molecule has 0 saturated carbocycles. The molecule has 0 atom stereocenters. The van der Waals surface area contributed by atoms with Crippen LogP contribution in [0.4, 0.5) is 5.69 Å². The van der Waals surface area contributed by atoms with E-state index >= 15 is 0 Å². The molecular weight excluding hydrogens is 250 g/mol. The Hall–Kier alpha value is -1.40. The van der Waals surface area contributed by atoms with Crippen LogP contribution in [0.5, 0.6) is 5.75 Å². The van der Waals surface area contributed by atoms with E-state index in [0.717, 1.165) is 12.8 Å². The van der Waals surface area contributed by atoms with Gasteiger partial charge in [-0.05, 0) is 25.6 Å². The van der Waals surface area contributed by atoms with Crippen molar-refractivity contribution in [2.75, 3.05) is 6.61 Å². The highest BCUT2D eigenvalue weighted by Gasteiger charge is 2.29. The van der Waals surface area contributed by atoms with Gasteiger partial charge in [0.15, 0.2) is 5.75 Å². The summed E-state index contributed by atoms with van der Waals surface area (Å²) in [5.74, 6) is 0.288. The first-order chi connectivity index (χ1) is 8.46. The number of unbranched alkanes of at least 4 members (excludes halogenated alkanes) is 1. The Balaban J connectivity index is 2.74. The van der Waals surface area contributed by atoms with Gasteiger partial charge in [0.1, 0.15) is 0 Å². The molecule has 1 rings (SSSR count). The van der Waals surface area contributed by atoms with Crippen LogP contribution < -0.4 is 4.43 Å². The van der Waals surface area contributed by atoms with Crippen molar-refractivity contribution in [2.45, 2.75) is 32.9 Å². The van der Waals surface area contributed by atoms with Crippen LogP contribution in [0, 0.1) is 10.1 Å². The SMILES string of the molecule is CCCCO[Si](C)(C)Oc1ccccc1[N+](=O)[O-]. The fourth-order valence-electron chi connectivity index (χ4n) is 1.45. The second-order valence-electron chi connectivity index (χ2n) is 4.43. The Kier molecular flexibility index (Phi) is 5.30. The van der Waals surface area contributed by atoms with E-state index in [0.29, 0.717) is 6.61 Å². The van der Waals surface area contributed by atoms with Crippen LogP contribution in [0.1, 0.15) is 19.8 Å². The second kappa shape index (κ2) is 6.51. The van der Waals surface area contributed by atoms with Gasteiger partial charge in [0.25, 0.3) is 0 Å². The van der Waals surface area contributed by atoms with Crippen LogP contribution in [0.2, 0.25) is 13.1 Å². The summed E-state index contributed by atoms with van der Waals surface area (Å²) in [5.41, 5.74) is -0.0165. The molecule has 100 valence electrons. The molecular formula is C12H19NO4Si. The monoisotopic (exact) mass is 269 g/mol. The summed E-state index contributed by atoms with van der Waals surface area (Å²) < 4.78 is 11.4. The van der Waals surface area contributed by atoms with E-state index in [2.05, 4.69) is 6.92 Å². The largest absolute Gasteiger partial charge is 0.515 e. The van der Waals surface area contributed by atoms with Crippen molar-refractivity contribution in [3.05, 3.63) is 34.4 Å². The van der Waals surface area contributed by atoms with Crippen LogP contribution in [-0.2, 0) is 4.43 Å². The Labute approximate surface area is 108 Å². The van der Waals surface area contributed by atoms with Crippen molar-refractivity contribution in [1.29, 1.82) is 0 Å². The minimum absolute atomic E-state index is 0.0165. The zero-order chi connectivity index (χ0) is 13.6. The Morgan fingerprint density at radius 1 is 1.33 bits per heavy atom. The van der Waals surface area contributed by atoms with Crippen molar-refractivity contribution in [1.82, 2.24) is 0 Å². The molecule has 0 unspecified atom stereocenters. The van der Waals surface area contributed by atoms with Crippen LogP contribution in [0.3, 0.4) is 0 Å². The molecule has 0 heterocycles. The van der Waals surface area contributed by atoms with E-state index in [9.17, 15) is 10.1 Å². The lowest BCUT2D eigenvalue weighted by molar-refractivity contribution is -0.385. The average Bonchev–Trinajstić information content (AvgIpc) is 2.29. The zero-order valence-corrected chi connectivity index (χ0v) is 12.0. The number of benzene rings is 1. The van der Waals surface area contributed by atoms with Crippen LogP contribution in [-0.4, -0.2) is 20.1 Å². The lowest BCUT2D eigenvalue weighted by Gasteiger charge is -2.23. The minimum atomic E-state index is -2.36. The third-order valence-corrected chi connectivity index (χ3v) is 3.98. The standard InChI is InChI=1S/C12H19NO4Si/c1-4-5-10-16-18(2,3)17-12-9-7-6-8-11(12)13(14)15/h6-9H,4-5,10H2,1-3H3. The molecule has 0 amide bonds. The van der Waals surface area contributed by atoms with Crippen molar-refractivity contribution in [3.63, 3.8) is 0 Å². The minimum Gasteiger partial charge on any atom is -0.515 e. The van der Waals surface area contributed by atoms with E-state index in [1.54, 1.807) is 18.2 Å². The quantitative estimate of drug-likeness (QED) is 0.329. The summed E-state index contributed by atoms with van der Waals surface area (Å²) in [4.78, 5) is 10.4. The van der Waals surface area contributed by atoms with Crippen LogP contribution in [0.25, 0.3) is 0 Å². The van der Waals surface area contributed by atoms with Gasteiger partial charge in [-0.2, -0.15) is 0 Å². The Morgan fingerprint density at radius 2 is 2.00 bits per heavy atom. The van der Waals surface area contributed by atoms with Crippen LogP contribution in [0.15, 0.2) is 24.3 Å². The number of para-hydroxylation sites is 2. The van der Waals surface area contributed by atoms with E-state index in [-0.39, 0.29) is 11.4 Å². The third-order valence-electron chi connectivity index (χ3n) is 2.37. The van der Waals surface area contributed by atoms with E-state index < -0.39 is 13.5 Å². The summed E-state index contributed by atoms with van der Waals surface area (Å²) in [6, 6.07) is 6.39. The van der Waals surface area contributed by atoms with Gasteiger partial charge in [-0.3, -0.25) is 10.1 Å². The molecule has 0 bridgehead atoms. The molecule has 0 N–H and O–H groups in total. The molecule has 0 aromatic heterocycles. The highest BCUT2D eigenvalue weighted by atomic mass is 28.4. The molecule has 0 spiro atoms. The zero-order valence-electron chi connectivity index (χ0n) is 11.0. The van der Waals surface area contributed by atoms with E-state index in [1.807, 2.05) is 13.1 Å². The fraction of sp³-hybridized carbons (Fsp3) is 0.500. The molecule has 0 aliphatic carbocycles. The number of nitro groups is 1. The smallest absolute Gasteiger partial charge is 0.392 e. The molecule has 6 heteroatoms. The lowest BCUT2D eigenvalue weighted by atomic mass is 10.3. The van der Waals surface area contributed by atoms with Gasteiger partial charge in [0.05, 0.1) is 4.92 Å². The van der Waals surface area contributed by atoms with Gasteiger partial charge in [-0.1, -0.05) is 25.5 Å². The molecule has 1 aromatic rings. The molecule has 1 aromatic carbocycles. The predicted octanol–water partition coefficient (Wildman–Crippen LogP) is 3.49. The van der Waals surface area contributed by atoms with Gasteiger partial charge < -0.3 is 8.85 Å². The fourth-order valence-corrected chi connectivity index (χ4v) is 2.85. The topological polar surface area (TPSA) is 61.6 Å². The third kappa shape index (κ3) is 4.46. The maximum atomic E-state index is 10.9. The first-order valence-corrected chi connectivity index (χ1v) is 8.84. The second-order valence-corrected chi connectivity index (χ2v) is 7.72. The molecule has 0 radical (unpaired) electrons. The van der Waals surface area contributed by atoms with Crippen LogP contribution >= 0.6 is 0 Å². The predicted molar refractivity (Wildman–Crippen MR) is 72.1 cm³/mol. The van der Waals surface area contributed by atoms with Gasteiger partial charge in [-0.25, -0.2) is 0 Å². The van der Waals surface area contributed by atoms with Gasteiger partial charge in [-0.15, -0.1) is 0 Å². The highest BCUT2D eigenvalue weighted by Crippen LogP contribution is 2.28. The van der Waals surface area contributed by atoms with Crippen molar-refractivity contribution >= 4 is 14.2 Å². The number of hydrogen-bond donors (Lipinski definition) is 0. The number of hydrogen-bond acceptors (Lipinski definition) is 4. The highest BCUT2D eigenvalue weighted by molar-refractivity contribution is 6.65. The lowest BCUT2D eigenvalue weighted by Crippen LogP contribution is -2.38. The molecule has 18 heavy (non-hydrogen) atoms. The van der Waals surface area contributed by atoms with Gasteiger partial charge in [0.2, 0.25) is 0 Å². The normalized spacial score (nSPS) is 11.3. The first-order valence-electron chi connectivity index (χ1n) is 6.02. The maximum Gasteiger partial charge on any atom is 0.392 e. The van der Waals surface area contributed by atoms with Crippen molar-refractivity contribution < 1.29 is 13.8 Å². The molecule has 0 aliphatic heterocycles. The van der Waals surface area contributed by atoms with Gasteiger partial charge >= 0.3 is 14.2 Å². The first kappa shape index (κ1) is 14.7. The summed E-state index contributed by atoms with van der Waals surface area (Å²) in [6.07, 6.45) is 2.02. The van der Waals surface area contributed by atoms with E-state index in [1.165, 1.54) is 6.07 Å². The molecule has 0 saturated heterocycles. The van der Waals surface area contributed by atoms with Crippen molar-refractivity contribution in [3.8, 4) is 5.75 Å². The molecule has 0 aliphatic rings. The summed E-state index contributed by atoms with van der Waals surface area (Å²) in [7, 11) is -2.36. The summed E-state index contributed by atoms with van der Waals surface area (Å²) >= 11 is 0. The Bertz CT molecular complexity index is 409. The number of nitro benzene ring substituents is 1. The Morgan fingerprint density at radius 3 is 2.61 bits per heavy atom. The number of rotatable bonds is 7.